The molecule has 2 aliphatic carbocycles. The van der Waals surface area contributed by atoms with Crippen LogP contribution in [0.3, 0.4) is 0 Å². The fraction of sp³-hybridized carbons (Fsp3) is 0.643. The number of hydrogen-bond acceptors (Lipinski definition) is 5. The maximum absolute atomic E-state index is 11.5. The van der Waals surface area contributed by atoms with Gasteiger partial charge in [0.15, 0.2) is 5.60 Å². The fourth-order valence-electron chi connectivity index (χ4n) is 3.08. The number of carbonyl (C=O) groups is 1. The minimum absolute atomic E-state index is 0.331. The van der Waals surface area contributed by atoms with Gasteiger partial charge in [-0.1, -0.05) is 6.92 Å². The van der Waals surface area contributed by atoms with E-state index in [1.54, 1.807) is 0 Å². The van der Waals surface area contributed by atoms with Gasteiger partial charge in [-0.2, -0.15) is 0 Å². The van der Waals surface area contributed by atoms with Crippen molar-refractivity contribution in [2.24, 2.45) is 0 Å². The third-order valence-corrected chi connectivity index (χ3v) is 5.74. The van der Waals surface area contributed by atoms with Gasteiger partial charge in [0.05, 0.1) is 6.10 Å². The number of fused-ring (bicyclic) bond motifs is 1. The molecular weight excluding hydrogens is 280 g/mol. The summed E-state index contributed by atoms with van der Waals surface area (Å²) in [5, 5.41) is 40.0. The lowest BCUT2D eigenvalue weighted by Crippen LogP contribution is -2.45. The Hall–Kier alpha value is -0.950. The second-order valence-corrected chi connectivity index (χ2v) is 6.78. The topological polar surface area (TPSA) is 98.0 Å². The first-order chi connectivity index (χ1) is 9.40. The largest absolute Gasteiger partial charge is 0.479 e. The van der Waals surface area contributed by atoms with Gasteiger partial charge in [-0.3, -0.25) is 0 Å². The van der Waals surface area contributed by atoms with Crippen LogP contribution in [0, 0.1) is 0 Å². The molecule has 1 saturated carbocycles. The van der Waals surface area contributed by atoms with E-state index in [-0.39, 0.29) is 6.42 Å². The Labute approximate surface area is 120 Å². The Morgan fingerprint density at radius 1 is 1.35 bits per heavy atom. The van der Waals surface area contributed by atoms with Crippen LogP contribution in [0.25, 0.3) is 0 Å². The van der Waals surface area contributed by atoms with E-state index >= 15 is 0 Å². The first-order valence-electron chi connectivity index (χ1n) is 6.88. The fourth-order valence-corrected chi connectivity index (χ4v) is 4.76. The van der Waals surface area contributed by atoms with Crippen LogP contribution < -0.4 is 0 Å². The summed E-state index contributed by atoms with van der Waals surface area (Å²) in [6.07, 6.45) is 0.0273. The predicted octanol–water partition coefficient (Wildman–Crippen LogP) is 1.26. The molecule has 6 heteroatoms. The molecule has 20 heavy (non-hydrogen) atoms. The van der Waals surface area contributed by atoms with Gasteiger partial charge in [0.25, 0.3) is 0 Å². The SMILES string of the molecule is CCc1c(C2CC2)sc2c1[C@](O)(C(=O)O)C[C@@H](O)[C@@H]2O. The molecule has 2 aliphatic rings. The molecule has 1 heterocycles. The van der Waals surface area contributed by atoms with Gasteiger partial charge in [0.1, 0.15) is 6.10 Å². The van der Waals surface area contributed by atoms with Gasteiger partial charge in [0.2, 0.25) is 0 Å². The highest BCUT2D eigenvalue weighted by molar-refractivity contribution is 7.12. The van der Waals surface area contributed by atoms with Crippen molar-refractivity contribution in [1.82, 2.24) is 0 Å². The first kappa shape index (κ1) is 14.0. The summed E-state index contributed by atoms with van der Waals surface area (Å²) < 4.78 is 0. The lowest BCUT2D eigenvalue weighted by molar-refractivity contribution is -0.168. The molecule has 0 spiro atoms. The summed E-state index contributed by atoms with van der Waals surface area (Å²) in [6.45, 7) is 1.92. The zero-order valence-electron chi connectivity index (χ0n) is 11.2. The van der Waals surface area contributed by atoms with Crippen molar-refractivity contribution in [1.29, 1.82) is 0 Å². The lowest BCUT2D eigenvalue weighted by Gasteiger charge is -2.35. The lowest BCUT2D eigenvalue weighted by atomic mass is 9.77. The minimum Gasteiger partial charge on any atom is -0.479 e. The van der Waals surface area contributed by atoms with Gasteiger partial charge in [-0.15, -0.1) is 11.3 Å². The molecule has 0 aromatic carbocycles. The number of carboxylic acid groups (broad SMARTS) is 1. The van der Waals surface area contributed by atoms with Gasteiger partial charge >= 0.3 is 5.97 Å². The molecule has 0 radical (unpaired) electrons. The van der Waals surface area contributed by atoms with E-state index in [4.69, 9.17) is 0 Å². The molecular formula is C14H18O5S. The van der Waals surface area contributed by atoms with Gasteiger partial charge in [-0.25, -0.2) is 4.79 Å². The molecule has 1 aromatic heterocycles. The smallest absolute Gasteiger partial charge is 0.340 e. The highest BCUT2D eigenvalue weighted by Crippen LogP contribution is 2.53. The molecule has 0 saturated heterocycles. The summed E-state index contributed by atoms with van der Waals surface area (Å²) in [5.74, 6) is -0.942. The van der Waals surface area contributed by atoms with Crippen LogP contribution in [0.4, 0.5) is 0 Å². The monoisotopic (exact) mass is 298 g/mol. The van der Waals surface area contributed by atoms with Crippen molar-refractivity contribution in [2.75, 3.05) is 0 Å². The van der Waals surface area contributed by atoms with Crippen LogP contribution >= 0.6 is 11.3 Å². The average Bonchev–Trinajstić information content (AvgIpc) is 3.15. The van der Waals surface area contributed by atoms with E-state index < -0.39 is 23.8 Å². The summed E-state index contributed by atoms with van der Waals surface area (Å²) in [4.78, 5) is 13.0. The molecule has 0 aliphatic heterocycles. The standard InChI is InChI=1S/C14H18O5S/c1-2-7-9-12(20-11(7)6-3-4-6)10(16)8(15)5-14(9,19)13(17)18/h6,8,10,15-16,19H,2-5H2,1H3,(H,17,18)/t8-,10+,14+/m1/s1. The Morgan fingerprint density at radius 3 is 2.50 bits per heavy atom. The molecule has 1 aromatic rings. The molecule has 5 nitrogen and oxygen atoms in total. The Morgan fingerprint density at radius 2 is 2.00 bits per heavy atom. The minimum atomic E-state index is -2.09. The number of carboxylic acids is 1. The maximum Gasteiger partial charge on any atom is 0.340 e. The second kappa shape index (κ2) is 4.53. The van der Waals surface area contributed by atoms with Gasteiger partial charge in [-0.05, 0) is 30.7 Å². The maximum atomic E-state index is 11.5. The van der Waals surface area contributed by atoms with Crippen molar-refractivity contribution in [2.45, 2.75) is 56.3 Å². The van der Waals surface area contributed by atoms with E-state index in [0.29, 0.717) is 22.8 Å². The van der Waals surface area contributed by atoms with Crippen LogP contribution in [-0.2, 0) is 16.8 Å². The number of hydrogen-bond donors (Lipinski definition) is 4. The van der Waals surface area contributed by atoms with Crippen molar-refractivity contribution < 1.29 is 25.2 Å². The van der Waals surface area contributed by atoms with Crippen molar-refractivity contribution >= 4 is 17.3 Å². The van der Waals surface area contributed by atoms with E-state index in [1.165, 1.54) is 11.3 Å². The zero-order chi connectivity index (χ0) is 14.7. The van der Waals surface area contributed by atoms with Crippen LogP contribution in [0.2, 0.25) is 0 Å². The molecule has 0 unspecified atom stereocenters. The highest BCUT2D eigenvalue weighted by atomic mass is 32.1. The average molecular weight is 298 g/mol. The quantitative estimate of drug-likeness (QED) is 0.673. The van der Waals surface area contributed by atoms with Gasteiger partial charge in [0, 0.05) is 21.7 Å². The second-order valence-electron chi connectivity index (χ2n) is 5.69. The summed E-state index contributed by atoms with van der Waals surface area (Å²) in [7, 11) is 0. The summed E-state index contributed by atoms with van der Waals surface area (Å²) >= 11 is 1.36. The van der Waals surface area contributed by atoms with Crippen LogP contribution in [0.5, 0.6) is 0 Å². The molecule has 3 rings (SSSR count). The molecule has 110 valence electrons. The van der Waals surface area contributed by atoms with E-state index in [0.717, 1.165) is 23.3 Å². The number of aliphatic carboxylic acids is 1. The molecule has 0 bridgehead atoms. The van der Waals surface area contributed by atoms with Gasteiger partial charge < -0.3 is 20.4 Å². The Bertz CT molecular complexity index is 562. The van der Waals surface area contributed by atoms with Crippen LogP contribution in [0.15, 0.2) is 0 Å². The third-order valence-electron chi connectivity index (χ3n) is 4.27. The molecule has 3 atom stereocenters. The third kappa shape index (κ3) is 1.83. The normalized spacial score (nSPS) is 33.0. The Balaban J connectivity index is 2.23. The molecule has 1 fully saturated rings. The zero-order valence-corrected chi connectivity index (χ0v) is 12.0. The van der Waals surface area contributed by atoms with Crippen molar-refractivity contribution in [3.05, 3.63) is 20.9 Å². The summed E-state index contributed by atoms with van der Waals surface area (Å²) in [5.41, 5.74) is -0.913. The van der Waals surface area contributed by atoms with Crippen molar-refractivity contribution in [3.8, 4) is 0 Å². The molecule has 0 amide bonds. The number of thiophene rings is 1. The number of aliphatic hydroxyl groups excluding tert-OH is 2. The van der Waals surface area contributed by atoms with Crippen molar-refractivity contribution in [3.63, 3.8) is 0 Å². The van der Waals surface area contributed by atoms with E-state index in [2.05, 4.69) is 0 Å². The summed E-state index contributed by atoms with van der Waals surface area (Å²) in [6, 6.07) is 0. The molecule has 4 N–H and O–H groups in total. The highest BCUT2D eigenvalue weighted by Gasteiger charge is 2.51. The Kier molecular flexibility index (Phi) is 3.17. The first-order valence-corrected chi connectivity index (χ1v) is 7.69. The van der Waals surface area contributed by atoms with Crippen LogP contribution in [-0.4, -0.2) is 32.5 Å². The number of aliphatic hydroxyl groups is 3. The predicted molar refractivity (Wildman–Crippen MR) is 72.8 cm³/mol. The van der Waals surface area contributed by atoms with E-state index in [1.807, 2.05) is 6.92 Å². The van der Waals surface area contributed by atoms with E-state index in [9.17, 15) is 25.2 Å². The number of rotatable bonds is 3. The van der Waals surface area contributed by atoms with Crippen LogP contribution in [0.1, 0.15) is 59.1 Å².